The van der Waals surface area contributed by atoms with Crippen LogP contribution in [0.1, 0.15) is 31.7 Å². The molecule has 1 rings (SSSR count). The number of aryl methyl sites for hydroxylation is 1. The van der Waals surface area contributed by atoms with Gasteiger partial charge in [0.25, 0.3) is 0 Å². The van der Waals surface area contributed by atoms with Gasteiger partial charge in [0.1, 0.15) is 11.5 Å². The van der Waals surface area contributed by atoms with Crippen molar-refractivity contribution >= 4 is 17.4 Å². The van der Waals surface area contributed by atoms with Crippen molar-refractivity contribution in [3.05, 3.63) is 28.8 Å². The van der Waals surface area contributed by atoms with Crippen LogP contribution >= 0.6 is 11.6 Å². The standard InChI is InChI=1S/C13H17ClO2/c1-3-12(15)6-4-5-10-9-11(14)7-8-13(10)16-2/h7-9H,3-6H2,1-2H3. The number of carbonyl (C=O) groups excluding carboxylic acids is 1. The molecule has 16 heavy (non-hydrogen) atoms. The van der Waals surface area contributed by atoms with Crippen LogP contribution in [-0.4, -0.2) is 12.9 Å². The van der Waals surface area contributed by atoms with E-state index in [9.17, 15) is 4.79 Å². The lowest BCUT2D eigenvalue weighted by molar-refractivity contribution is -0.118. The summed E-state index contributed by atoms with van der Waals surface area (Å²) in [5, 5.41) is 0.706. The van der Waals surface area contributed by atoms with Gasteiger partial charge in [0.05, 0.1) is 7.11 Å². The van der Waals surface area contributed by atoms with Crippen molar-refractivity contribution in [2.24, 2.45) is 0 Å². The van der Waals surface area contributed by atoms with Gasteiger partial charge in [0.15, 0.2) is 0 Å². The van der Waals surface area contributed by atoms with Crippen LogP contribution < -0.4 is 4.74 Å². The molecule has 0 aliphatic rings. The number of hydrogen-bond donors (Lipinski definition) is 0. The number of carbonyl (C=O) groups is 1. The van der Waals surface area contributed by atoms with Crippen molar-refractivity contribution < 1.29 is 9.53 Å². The Kier molecular flexibility index (Phi) is 5.33. The van der Waals surface area contributed by atoms with Crippen LogP contribution in [0.25, 0.3) is 0 Å². The Morgan fingerprint density at radius 3 is 2.81 bits per heavy atom. The van der Waals surface area contributed by atoms with Gasteiger partial charge in [-0.05, 0) is 36.6 Å². The summed E-state index contributed by atoms with van der Waals surface area (Å²) < 4.78 is 5.24. The molecule has 0 atom stereocenters. The first-order chi connectivity index (χ1) is 7.67. The lowest BCUT2D eigenvalue weighted by atomic mass is 10.0. The Balaban J connectivity index is 2.58. The summed E-state index contributed by atoms with van der Waals surface area (Å²) in [5.41, 5.74) is 1.07. The molecule has 0 aliphatic heterocycles. The van der Waals surface area contributed by atoms with Crippen LogP contribution in [0.2, 0.25) is 5.02 Å². The topological polar surface area (TPSA) is 26.3 Å². The highest BCUT2D eigenvalue weighted by atomic mass is 35.5. The van der Waals surface area contributed by atoms with E-state index in [1.807, 2.05) is 19.1 Å². The third-order valence-electron chi connectivity index (χ3n) is 2.54. The van der Waals surface area contributed by atoms with Gasteiger partial charge < -0.3 is 4.74 Å². The second kappa shape index (κ2) is 6.54. The zero-order valence-corrected chi connectivity index (χ0v) is 10.5. The zero-order chi connectivity index (χ0) is 12.0. The molecule has 1 aromatic rings. The number of rotatable bonds is 6. The van der Waals surface area contributed by atoms with E-state index < -0.39 is 0 Å². The monoisotopic (exact) mass is 240 g/mol. The molecule has 0 fully saturated rings. The maximum Gasteiger partial charge on any atom is 0.132 e. The number of benzene rings is 1. The summed E-state index contributed by atoms with van der Waals surface area (Å²) in [4.78, 5) is 11.2. The second-order valence-electron chi connectivity index (χ2n) is 3.70. The molecule has 0 unspecified atom stereocenters. The number of Topliss-reactive ketones (excluding diaryl/α,β-unsaturated/α-hetero) is 1. The van der Waals surface area contributed by atoms with Gasteiger partial charge in [0.2, 0.25) is 0 Å². The molecule has 0 aliphatic carbocycles. The van der Waals surface area contributed by atoms with Gasteiger partial charge in [-0.3, -0.25) is 4.79 Å². The van der Waals surface area contributed by atoms with Gasteiger partial charge in [0, 0.05) is 17.9 Å². The second-order valence-corrected chi connectivity index (χ2v) is 4.14. The number of ether oxygens (including phenoxy) is 1. The minimum Gasteiger partial charge on any atom is -0.496 e. The Hall–Kier alpha value is -1.02. The van der Waals surface area contributed by atoms with Crippen LogP contribution in [0, 0.1) is 0 Å². The van der Waals surface area contributed by atoms with Crippen LogP contribution in [0.3, 0.4) is 0 Å². The molecule has 0 radical (unpaired) electrons. The van der Waals surface area contributed by atoms with E-state index in [0.29, 0.717) is 23.6 Å². The Labute approximate surface area is 102 Å². The number of ketones is 1. The molecule has 2 nitrogen and oxygen atoms in total. The highest BCUT2D eigenvalue weighted by Crippen LogP contribution is 2.24. The first-order valence-corrected chi connectivity index (χ1v) is 5.89. The predicted octanol–water partition coefficient (Wildman–Crippen LogP) is 3.65. The Morgan fingerprint density at radius 1 is 1.44 bits per heavy atom. The molecular formula is C13H17ClO2. The molecule has 0 saturated heterocycles. The van der Waals surface area contributed by atoms with Gasteiger partial charge in [-0.25, -0.2) is 0 Å². The molecule has 0 amide bonds. The van der Waals surface area contributed by atoms with Crippen molar-refractivity contribution in [1.82, 2.24) is 0 Å². The summed E-state index contributed by atoms with van der Waals surface area (Å²) in [6.07, 6.45) is 2.93. The average molecular weight is 241 g/mol. The summed E-state index contributed by atoms with van der Waals surface area (Å²) in [6.45, 7) is 1.89. The third-order valence-corrected chi connectivity index (χ3v) is 2.77. The molecule has 0 aromatic heterocycles. The summed E-state index contributed by atoms with van der Waals surface area (Å²) in [7, 11) is 1.64. The summed E-state index contributed by atoms with van der Waals surface area (Å²) >= 11 is 5.92. The molecule has 0 N–H and O–H groups in total. The van der Waals surface area contributed by atoms with Crippen molar-refractivity contribution in [2.75, 3.05) is 7.11 Å². The SMILES string of the molecule is CCC(=O)CCCc1cc(Cl)ccc1OC. The highest BCUT2D eigenvalue weighted by molar-refractivity contribution is 6.30. The maximum absolute atomic E-state index is 11.2. The number of methoxy groups -OCH3 is 1. The first-order valence-electron chi connectivity index (χ1n) is 5.51. The molecular weight excluding hydrogens is 224 g/mol. The van der Waals surface area contributed by atoms with Crippen molar-refractivity contribution in [1.29, 1.82) is 0 Å². The predicted molar refractivity (Wildman–Crippen MR) is 66.2 cm³/mol. The minimum atomic E-state index is 0.306. The molecule has 0 bridgehead atoms. The van der Waals surface area contributed by atoms with E-state index in [-0.39, 0.29) is 0 Å². The van der Waals surface area contributed by atoms with Gasteiger partial charge >= 0.3 is 0 Å². The first kappa shape index (κ1) is 13.0. The Morgan fingerprint density at radius 2 is 2.19 bits per heavy atom. The van der Waals surface area contributed by atoms with Gasteiger partial charge in [-0.15, -0.1) is 0 Å². The normalized spacial score (nSPS) is 10.2. The molecule has 0 heterocycles. The van der Waals surface area contributed by atoms with E-state index in [2.05, 4.69) is 0 Å². The quantitative estimate of drug-likeness (QED) is 0.759. The molecule has 0 spiro atoms. The lowest BCUT2D eigenvalue weighted by Crippen LogP contribution is -1.98. The lowest BCUT2D eigenvalue weighted by Gasteiger charge is -2.08. The van der Waals surface area contributed by atoms with E-state index in [1.165, 1.54) is 0 Å². The molecule has 0 saturated carbocycles. The van der Waals surface area contributed by atoms with Crippen LogP contribution in [0.4, 0.5) is 0 Å². The molecule has 1 aromatic carbocycles. The molecule has 3 heteroatoms. The van der Waals surface area contributed by atoms with Gasteiger partial charge in [-0.2, -0.15) is 0 Å². The van der Waals surface area contributed by atoms with E-state index in [1.54, 1.807) is 13.2 Å². The van der Waals surface area contributed by atoms with Crippen molar-refractivity contribution in [3.8, 4) is 5.75 Å². The summed E-state index contributed by atoms with van der Waals surface area (Å²) in [5.74, 6) is 1.15. The third kappa shape index (κ3) is 3.86. The average Bonchev–Trinajstić information content (AvgIpc) is 2.29. The van der Waals surface area contributed by atoms with E-state index in [0.717, 1.165) is 24.2 Å². The van der Waals surface area contributed by atoms with Crippen molar-refractivity contribution in [2.45, 2.75) is 32.6 Å². The van der Waals surface area contributed by atoms with E-state index in [4.69, 9.17) is 16.3 Å². The fourth-order valence-corrected chi connectivity index (χ4v) is 1.79. The van der Waals surface area contributed by atoms with Crippen LogP contribution in [-0.2, 0) is 11.2 Å². The van der Waals surface area contributed by atoms with Crippen LogP contribution in [0.5, 0.6) is 5.75 Å². The number of hydrogen-bond acceptors (Lipinski definition) is 2. The minimum absolute atomic E-state index is 0.306. The van der Waals surface area contributed by atoms with E-state index >= 15 is 0 Å². The molecule has 88 valence electrons. The van der Waals surface area contributed by atoms with Crippen LogP contribution in [0.15, 0.2) is 18.2 Å². The highest BCUT2D eigenvalue weighted by Gasteiger charge is 2.05. The van der Waals surface area contributed by atoms with Crippen molar-refractivity contribution in [3.63, 3.8) is 0 Å². The Bertz CT molecular complexity index is 361. The largest absolute Gasteiger partial charge is 0.496 e. The van der Waals surface area contributed by atoms with Gasteiger partial charge in [-0.1, -0.05) is 18.5 Å². The fraction of sp³-hybridized carbons (Fsp3) is 0.462. The maximum atomic E-state index is 11.2. The number of halogens is 1. The zero-order valence-electron chi connectivity index (χ0n) is 9.75. The summed E-state index contributed by atoms with van der Waals surface area (Å²) in [6, 6.07) is 5.57. The smallest absolute Gasteiger partial charge is 0.132 e. The fourth-order valence-electron chi connectivity index (χ4n) is 1.60.